The van der Waals surface area contributed by atoms with E-state index in [1.165, 1.54) is 31.4 Å². The van der Waals surface area contributed by atoms with Crippen LogP contribution in [0.3, 0.4) is 0 Å². The molecular formula is C16H23FN2O. The fourth-order valence-corrected chi connectivity index (χ4v) is 2.70. The maximum Gasteiger partial charge on any atom is 0.317 e. The minimum Gasteiger partial charge on any atom is -0.335 e. The van der Waals surface area contributed by atoms with Gasteiger partial charge < -0.3 is 10.2 Å². The summed E-state index contributed by atoms with van der Waals surface area (Å²) in [4.78, 5) is 14.0. The summed E-state index contributed by atoms with van der Waals surface area (Å²) in [5, 5.41) is 3.10. The predicted octanol–water partition coefficient (Wildman–Crippen LogP) is 3.69. The third-order valence-electron chi connectivity index (χ3n) is 3.86. The maximum atomic E-state index is 13.2. The molecule has 1 aromatic carbocycles. The Kier molecular flexibility index (Phi) is 5.39. The van der Waals surface area contributed by atoms with Crippen molar-refractivity contribution in [2.24, 2.45) is 0 Å². The number of nitrogens with zero attached hydrogens (tertiary/aromatic N) is 1. The van der Waals surface area contributed by atoms with Crippen LogP contribution in [0.5, 0.6) is 0 Å². The Bertz CT molecular complexity index is 444. The third kappa shape index (κ3) is 4.22. The second-order valence-electron chi connectivity index (χ2n) is 5.43. The van der Waals surface area contributed by atoms with Crippen molar-refractivity contribution in [3.05, 3.63) is 35.6 Å². The maximum absolute atomic E-state index is 13.2. The molecule has 0 unspecified atom stereocenters. The van der Waals surface area contributed by atoms with Crippen LogP contribution >= 0.6 is 0 Å². The number of halogens is 1. The van der Waals surface area contributed by atoms with Crippen LogP contribution in [0, 0.1) is 5.82 Å². The Balaban J connectivity index is 1.91. The van der Waals surface area contributed by atoms with Crippen molar-refractivity contribution in [3.63, 3.8) is 0 Å². The van der Waals surface area contributed by atoms with Gasteiger partial charge in [-0.2, -0.15) is 0 Å². The van der Waals surface area contributed by atoms with E-state index < -0.39 is 0 Å². The summed E-state index contributed by atoms with van der Waals surface area (Å²) in [6.45, 7) is 3.02. The van der Waals surface area contributed by atoms with Crippen LogP contribution in [0.25, 0.3) is 0 Å². The van der Waals surface area contributed by atoms with E-state index in [0.717, 1.165) is 18.4 Å². The van der Waals surface area contributed by atoms with Crippen LogP contribution in [0.2, 0.25) is 0 Å². The first kappa shape index (κ1) is 14.8. The Labute approximate surface area is 120 Å². The zero-order valence-electron chi connectivity index (χ0n) is 12.1. The van der Waals surface area contributed by atoms with Crippen LogP contribution in [0.1, 0.15) is 44.6 Å². The second-order valence-corrected chi connectivity index (χ2v) is 5.43. The van der Waals surface area contributed by atoms with Crippen LogP contribution in [0.15, 0.2) is 24.3 Å². The van der Waals surface area contributed by atoms with Crippen molar-refractivity contribution in [1.29, 1.82) is 0 Å². The van der Waals surface area contributed by atoms with Gasteiger partial charge in [0.15, 0.2) is 0 Å². The van der Waals surface area contributed by atoms with Gasteiger partial charge in [-0.25, -0.2) is 9.18 Å². The first-order valence-corrected chi connectivity index (χ1v) is 7.49. The van der Waals surface area contributed by atoms with Gasteiger partial charge in [-0.05, 0) is 37.5 Å². The number of carbonyl (C=O) groups excluding carboxylic acids is 1. The smallest absolute Gasteiger partial charge is 0.317 e. The molecule has 1 saturated carbocycles. The number of hydrogen-bond acceptors (Lipinski definition) is 1. The van der Waals surface area contributed by atoms with E-state index in [1.54, 1.807) is 11.0 Å². The summed E-state index contributed by atoms with van der Waals surface area (Å²) in [7, 11) is 0. The van der Waals surface area contributed by atoms with Crippen molar-refractivity contribution >= 4 is 6.03 Å². The molecule has 4 heteroatoms. The highest BCUT2D eigenvalue weighted by Crippen LogP contribution is 2.18. The molecule has 1 fully saturated rings. The van der Waals surface area contributed by atoms with Crippen molar-refractivity contribution in [2.45, 2.75) is 51.6 Å². The summed E-state index contributed by atoms with van der Waals surface area (Å²) in [6.07, 6.45) is 5.81. The SMILES string of the molecule is CCN(Cc1cccc(F)c1)C(=O)NC1CCCCC1. The lowest BCUT2D eigenvalue weighted by Crippen LogP contribution is -2.45. The van der Waals surface area contributed by atoms with E-state index >= 15 is 0 Å². The van der Waals surface area contributed by atoms with Gasteiger partial charge in [0.2, 0.25) is 0 Å². The molecule has 3 nitrogen and oxygen atoms in total. The van der Waals surface area contributed by atoms with Gasteiger partial charge in [-0.3, -0.25) is 0 Å². The topological polar surface area (TPSA) is 32.3 Å². The molecule has 0 saturated heterocycles. The van der Waals surface area contributed by atoms with Crippen LogP contribution in [0.4, 0.5) is 9.18 Å². The van der Waals surface area contributed by atoms with Gasteiger partial charge in [0, 0.05) is 19.1 Å². The Morgan fingerprint density at radius 1 is 1.35 bits per heavy atom. The van der Waals surface area contributed by atoms with Gasteiger partial charge in [0.25, 0.3) is 0 Å². The predicted molar refractivity (Wildman–Crippen MR) is 77.9 cm³/mol. The Morgan fingerprint density at radius 2 is 2.10 bits per heavy atom. The zero-order chi connectivity index (χ0) is 14.4. The number of urea groups is 1. The van der Waals surface area contributed by atoms with Gasteiger partial charge in [0.05, 0.1) is 0 Å². The molecular weight excluding hydrogens is 255 g/mol. The number of nitrogens with one attached hydrogen (secondary N) is 1. The van der Waals surface area contributed by atoms with E-state index in [2.05, 4.69) is 5.32 Å². The lowest BCUT2D eigenvalue weighted by molar-refractivity contribution is 0.190. The minimum atomic E-state index is -0.258. The van der Waals surface area contributed by atoms with Gasteiger partial charge in [-0.15, -0.1) is 0 Å². The Morgan fingerprint density at radius 3 is 2.75 bits per heavy atom. The largest absolute Gasteiger partial charge is 0.335 e. The van der Waals surface area contributed by atoms with Crippen LogP contribution in [-0.4, -0.2) is 23.5 Å². The summed E-state index contributed by atoms with van der Waals surface area (Å²) in [5.74, 6) is -0.258. The van der Waals surface area contributed by atoms with E-state index in [1.807, 2.05) is 13.0 Å². The van der Waals surface area contributed by atoms with Crippen molar-refractivity contribution in [3.8, 4) is 0 Å². The van der Waals surface area contributed by atoms with E-state index in [4.69, 9.17) is 0 Å². The lowest BCUT2D eigenvalue weighted by Gasteiger charge is -2.27. The standard InChI is InChI=1S/C16H23FN2O/c1-2-19(12-13-7-6-8-14(17)11-13)16(20)18-15-9-4-3-5-10-15/h6-8,11,15H,2-5,9-10,12H2,1H3,(H,18,20). The zero-order valence-corrected chi connectivity index (χ0v) is 12.1. The van der Waals surface area contributed by atoms with Crippen molar-refractivity contribution in [1.82, 2.24) is 10.2 Å². The molecule has 1 N–H and O–H groups in total. The Hall–Kier alpha value is -1.58. The monoisotopic (exact) mass is 278 g/mol. The molecule has 1 aliphatic rings. The molecule has 0 atom stereocenters. The molecule has 1 aliphatic carbocycles. The normalized spacial score (nSPS) is 15.9. The highest BCUT2D eigenvalue weighted by atomic mass is 19.1. The number of hydrogen-bond donors (Lipinski definition) is 1. The molecule has 110 valence electrons. The molecule has 0 aliphatic heterocycles. The van der Waals surface area contributed by atoms with Gasteiger partial charge in [-0.1, -0.05) is 31.4 Å². The molecule has 0 bridgehead atoms. The quantitative estimate of drug-likeness (QED) is 0.895. The highest BCUT2D eigenvalue weighted by molar-refractivity contribution is 5.74. The first-order valence-electron chi connectivity index (χ1n) is 7.49. The summed E-state index contributed by atoms with van der Waals surface area (Å²) >= 11 is 0. The molecule has 0 radical (unpaired) electrons. The van der Waals surface area contributed by atoms with Crippen LogP contribution < -0.4 is 5.32 Å². The molecule has 2 rings (SSSR count). The van der Waals surface area contributed by atoms with Gasteiger partial charge in [0.1, 0.15) is 5.82 Å². The van der Waals surface area contributed by atoms with Gasteiger partial charge >= 0.3 is 6.03 Å². The number of carbonyl (C=O) groups is 1. The molecule has 0 heterocycles. The van der Waals surface area contributed by atoms with Crippen molar-refractivity contribution in [2.75, 3.05) is 6.54 Å². The minimum absolute atomic E-state index is 0.0383. The molecule has 0 spiro atoms. The number of amides is 2. The van der Waals surface area contributed by atoms with E-state index in [-0.39, 0.29) is 11.8 Å². The number of rotatable bonds is 4. The lowest BCUT2D eigenvalue weighted by atomic mass is 9.96. The number of benzene rings is 1. The summed E-state index contributed by atoms with van der Waals surface area (Å²) in [5.41, 5.74) is 0.825. The molecule has 20 heavy (non-hydrogen) atoms. The summed E-state index contributed by atoms with van der Waals surface area (Å²) < 4.78 is 13.2. The molecule has 2 amide bonds. The average molecular weight is 278 g/mol. The fraction of sp³-hybridized carbons (Fsp3) is 0.562. The molecule has 0 aromatic heterocycles. The third-order valence-corrected chi connectivity index (χ3v) is 3.86. The summed E-state index contributed by atoms with van der Waals surface area (Å²) in [6, 6.07) is 6.69. The second kappa shape index (κ2) is 7.27. The molecule has 1 aromatic rings. The average Bonchev–Trinajstić information content (AvgIpc) is 2.46. The first-order chi connectivity index (χ1) is 9.69. The highest BCUT2D eigenvalue weighted by Gasteiger charge is 2.19. The fourth-order valence-electron chi connectivity index (χ4n) is 2.70. The van der Waals surface area contributed by atoms with E-state index in [9.17, 15) is 9.18 Å². The van der Waals surface area contributed by atoms with E-state index in [0.29, 0.717) is 19.1 Å². The van der Waals surface area contributed by atoms with Crippen molar-refractivity contribution < 1.29 is 9.18 Å². The van der Waals surface area contributed by atoms with Crippen LogP contribution in [-0.2, 0) is 6.54 Å².